The fourth-order valence-electron chi connectivity index (χ4n) is 4.44. The van der Waals surface area contributed by atoms with Crippen LogP contribution in [0.3, 0.4) is 0 Å². The summed E-state index contributed by atoms with van der Waals surface area (Å²) in [5.41, 5.74) is 1.65. The van der Waals surface area contributed by atoms with Crippen LogP contribution in [0.25, 0.3) is 0 Å². The number of likely N-dealkylation sites (tertiary alicyclic amines) is 1. The smallest absolute Gasteiger partial charge is 0.272 e. The van der Waals surface area contributed by atoms with E-state index in [4.69, 9.17) is 14.2 Å². The van der Waals surface area contributed by atoms with Crippen molar-refractivity contribution in [1.82, 2.24) is 14.9 Å². The highest BCUT2D eigenvalue weighted by molar-refractivity contribution is 6.04. The Hall–Kier alpha value is -5.25. The lowest BCUT2D eigenvalue weighted by Crippen LogP contribution is -2.42. The molecule has 0 aliphatic carbocycles. The average Bonchev–Trinajstić information content (AvgIpc) is 3.03. The second-order valence-electron chi connectivity index (χ2n) is 9.74. The Bertz CT molecular complexity index is 1530. The largest absolute Gasteiger partial charge is 0.497 e. The second-order valence-corrected chi connectivity index (χ2v) is 9.74. The van der Waals surface area contributed by atoms with Crippen molar-refractivity contribution in [2.75, 3.05) is 25.5 Å². The Morgan fingerprint density at radius 2 is 1.45 bits per heavy atom. The third-order valence-corrected chi connectivity index (χ3v) is 6.81. The molecule has 0 spiro atoms. The number of pyridine rings is 2. The number of carbonyl (C=O) groups is 3. The minimum Gasteiger partial charge on any atom is -0.497 e. The van der Waals surface area contributed by atoms with Gasteiger partial charge in [-0.15, -0.1) is 0 Å². The van der Waals surface area contributed by atoms with Crippen molar-refractivity contribution in [3.8, 4) is 23.1 Å². The van der Waals surface area contributed by atoms with Crippen LogP contribution in [-0.2, 0) is 0 Å². The summed E-state index contributed by atoms with van der Waals surface area (Å²) in [6, 6.07) is 20.6. The number of benzene rings is 2. The lowest BCUT2D eigenvalue weighted by atomic mass is 10.1. The van der Waals surface area contributed by atoms with E-state index in [0.29, 0.717) is 54.4 Å². The number of rotatable bonds is 9. The predicted molar refractivity (Wildman–Crippen MR) is 155 cm³/mol. The zero-order valence-electron chi connectivity index (χ0n) is 23.3. The first-order valence-corrected chi connectivity index (χ1v) is 13.5. The summed E-state index contributed by atoms with van der Waals surface area (Å²) in [4.78, 5) is 47.3. The van der Waals surface area contributed by atoms with Gasteiger partial charge in [-0.1, -0.05) is 0 Å². The van der Waals surface area contributed by atoms with E-state index in [1.54, 1.807) is 60.5 Å². The van der Waals surface area contributed by atoms with Gasteiger partial charge in [0, 0.05) is 43.8 Å². The number of nitrogens with one attached hydrogen (secondary N) is 1. The van der Waals surface area contributed by atoms with Gasteiger partial charge in [-0.25, -0.2) is 4.98 Å². The molecule has 1 N–H and O–H groups in total. The normalized spacial score (nSPS) is 13.2. The molecule has 42 heavy (non-hydrogen) atoms. The van der Waals surface area contributed by atoms with Crippen LogP contribution in [0.2, 0.25) is 0 Å². The van der Waals surface area contributed by atoms with Gasteiger partial charge in [0.05, 0.1) is 24.6 Å². The molecule has 1 saturated heterocycles. The van der Waals surface area contributed by atoms with Gasteiger partial charge >= 0.3 is 0 Å². The Balaban J connectivity index is 1.10. The first-order valence-electron chi connectivity index (χ1n) is 13.5. The van der Waals surface area contributed by atoms with Crippen LogP contribution in [0, 0.1) is 0 Å². The summed E-state index contributed by atoms with van der Waals surface area (Å²) < 4.78 is 16.9. The van der Waals surface area contributed by atoms with Crippen LogP contribution in [0.15, 0.2) is 85.2 Å². The van der Waals surface area contributed by atoms with Gasteiger partial charge < -0.3 is 24.4 Å². The number of piperidine rings is 1. The van der Waals surface area contributed by atoms with Crippen molar-refractivity contribution in [1.29, 1.82) is 0 Å². The molecule has 5 rings (SSSR count). The van der Waals surface area contributed by atoms with Crippen LogP contribution in [0.1, 0.15) is 51.0 Å². The molecule has 0 saturated carbocycles. The van der Waals surface area contributed by atoms with Crippen LogP contribution in [0.4, 0.5) is 5.69 Å². The summed E-state index contributed by atoms with van der Waals surface area (Å²) in [6.45, 7) is 2.61. The number of hydrogen-bond acceptors (Lipinski definition) is 8. The molecule has 2 amide bonds. The molecule has 4 aromatic rings. The number of nitrogens with zero attached hydrogens (tertiary/aromatic N) is 3. The Morgan fingerprint density at radius 3 is 2.05 bits per heavy atom. The molecule has 214 valence electrons. The topological polar surface area (TPSA) is 120 Å². The highest BCUT2D eigenvalue weighted by Gasteiger charge is 2.25. The SMILES string of the molecule is COc1ccc(OC2CCN(C(=O)c3ccc(C(=O)Nc4ccc(Oc5ccc(C(C)=O)cc5)nc4)cn3)CC2)cc1. The Morgan fingerprint density at radius 1 is 0.786 bits per heavy atom. The van der Waals surface area contributed by atoms with Crippen LogP contribution < -0.4 is 19.5 Å². The molecule has 1 aliphatic heterocycles. The molecule has 0 unspecified atom stereocenters. The van der Waals surface area contributed by atoms with Gasteiger partial charge in [0.15, 0.2) is 5.78 Å². The number of carbonyl (C=O) groups excluding carboxylic acids is 3. The monoisotopic (exact) mass is 566 g/mol. The number of methoxy groups -OCH3 is 1. The number of anilines is 1. The maximum atomic E-state index is 13.0. The average molecular weight is 567 g/mol. The van der Waals surface area contributed by atoms with Gasteiger partial charge in [0.25, 0.3) is 11.8 Å². The zero-order valence-corrected chi connectivity index (χ0v) is 23.3. The predicted octanol–water partition coefficient (Wildman–Crippen LogP) is 5.42. The van der Waals surface area contributed by atoms with Crippen LogP contribution in [-0.4, -0.2) is 58.8 Å². The number of amides is 2. The summed E-state index contributed by atoms with van der Waals surface area (Å²) in [5, 5.41) is 2.76. The van der Waals surface area contributed by atoms with Gasteiger partial charge in [-0.2, -0.15) is 0 Å². The molecule has 1 aliphatic rings. The first-order chi connectivity index (χ1) is 20.4. The molecule has 0 bridgehead atoms. The van der Waals surface area contributed by atoms with Crippen molar-refractivity contribution in [3.63, 3.8) is 0 Å². The fraction of sp³-hybridized carbons (Fsp3) is 0.219. The molecular weight excluding hydrogens is 536 g/mol. The standard InChI is InChI=1S/C32H30N4O6/c1-21(37)22-3-7-27(8-4-22)42-30-14-6-24(20-34-30)35-31(38)23-5-13-29(33-19-23)32(39)36-17-15-28(16-18-36)41-26-11-9-25(40-2)10-12-26/h3-14,19-20,28H,15-18H2,1-2H3,(H,35,38). The molecule has 10 heteroatoms. The van der Waals surface area contributed by atoms with Crippen molar-refractivity contribution in [2.45, 2.75) is 25.9 Å². The summed E-state index contributed by atoms with van der Waals surface area (Å²) in [6.07, 6.45) is 4.31. The quantitative estimate of drug-likeness (QED) is 0.267. The first kappa shape index (κ1) is 28.3. The lowest BCUT2D eigenvalue weighted by molar-refractivity contribution is 0.0589. The maximum absolute atomic E-state index is 13.0. The molecule has 0 radical (unpaired) electrons. The van der Waals surface area contributed by atoms with E-state index in [2.05, 4.69) is 15.3 Å². The second kappa shape index (κ2) is 12.9. The minimum absolute atomic E-state index is 0.0240. The maximum Gasteiger partial charge on any atom is 0.272 e. The Kier molecular flexibility index (Phi) is 8.72. The molecule has 0 atom stereocenters. The number of ketones is 1. The number of Topliss-reactive ketones (excluding diaryl/α,β-unsaturated/α-hetero) is 1. The van der Waals surface area contributed by atoms with E-state index in [0.717, 1.165) is 11.5 Å². The lowest BCUT2D eigenvalue weighted by Gasteiger charge is -2.32. The van der Waals surface area contributed by atoms with Crippen molar-refractivity contribution < 1.29 is 28.6 Å². The third kappa shape index (κ3) is 7.08. The van der Waals surface area contributed by atoms with Gasteiger partial charge in [-0.05, 0) is 73.7 Å². The number of ether oxygens (including phenoxy) is 3. The Labute approximate surface area is 243 Å². The fourth-order valence-corrected chi connectivity index (χ4v) is 4.44. The van der Waals surface area contributed by atoms with E-state index >= 15 is 0 Å². The van der Waals surface area contributed by atoms with E-state index < -0.39 is 0 Å². The molecule has 1 fully saturated rings. The molecule has 10 nitrogen and oxygen atoms in total. The highest BCUT2D eigenvalue weighted by atomic mass is 16.5. The van der Waals surface area contributed by atoms with E-state index in [9.17, 15) is 14.4 Å². The van der Waals surface area contributed by atoms with Crippen molar-refractivity contribution in [2.24, 2.45) is 0 Å². The molecule has 2 aromatic heterocycles. The van der Waals surface area contributed by atoms with E-state index in [-0.39, 0.29) is 29.4 Å². The summed E-state index contributed by atoms with van der Waals surface area (Å²) in [5.74, 6) is 1.83. The number of hydrogen-bond donors (Lipinski definition) is 1. The van der Waals surface area contributed by atoms with Crippen LogP contribution in [0.5, 0.6) is 23.1 Å². The van der Waals surface area contributed by atoms with Gasteiger partial charge in [0.1, 0.15) is 29.0 Å². The minimum atomic E-state index is -0.381. The summed E-state index contributed by atoms with van der Waals surface area (Å²) in [7, 11) is 1.62. The molecular formula is C32H30N4O6. The molecule has 3 heterocycles. The zero-order chi connectivity index (χ0) is 29.5. The van der Waals surface area contributed by atoms with E-state index in [1.165, 1.54) is 19.3 Å². The highest BCUT2D eigenvalue weighted by Crippen LogP contribution is 2.23. The van der Waals surface area contributed by atoms with Crippen molar-refractivity contribution in [3.05, 3.63) is 102 Å². The molecule has 2 aromatic carbocycles. The van der Waals surface area contributed by atoms with Crippen molar-refractivity contribution >= 4 is 23.3 Å². The summed E-state index contributed by atoms with van der Waals surface area (Å²) >= 11 is 0. The number of aromatic nitrogens is 2. The van der Waals surface area contributed by atoms with Gasteiger partial charge in [-0.3, -0.25) is 19.4 Å². The third-order valence-electron chi connectivity index (χ3n) is 6.81. The van der Waals surface area contributed by atoms with Gasteiger partial charge in [0.2, 0.25) is 5.88 Å². The van der Waals surface area contributed by atoms with Crippen LogP contribution >= 0.6 is 0 Å². The van der Waals surface area contributed by atoms with E-state index in [1.807, 2.05) is 24.3 Å².